The van der Waals surface area contributed by atoms with Gasteiger partial charge in [0.25, 0.3) is 0 Å². The number of carbonyl (C=O) groups is 4. The smallest absolute Gasteiger partial charge is 0.334 e. The van der Waals surface area contributed by atoms with Crippen LogP contribution in [0.3, 0.4) is 0 Å². The number of aryl methyl sites for hydroxylation is 1. The molecule has 0 heterocycles. The Hall–Kier alpha value is -3.02. The number of esters is 2. The van der Waals surface area contributed by atoms with Crippen LogP contribution in [0.4, 0.5) is 5.69 Å². The third kappa shape index (κ3) is 9.86. The highest BCUT2D eigenvalue weighted by atomic mass is 33.1. The lowest BCUT2D eigenvalue weighted by atomic mass is 10.2. The molecule has 9 nitrogen and oxygen atoms in total. The van der Waals surface area contributed by atoms with Gasteiger partial charge in [-0.15, -0.1) is 0 Å². The van der Waals surface area contributed by atoms with Gasteiger partial charge in [-0.2, -0.15) is 0 Å². The van der Waals surface area contributed by atoms with E-state index in [1.165, 1.54) is 35.4 Å². The van der Waals surface area contributed by atoms with Crippen LogP contribution in [0.1, 0.15) is 19.4 Å². The molecule has 0 bridgehead atoms. The maximum atomic E-state index is 12.5. The monoisotopic (exact) mass is 505 g/mol. The molecule has 2 rings (SSSR count). The average Bonchev–Trinajstić information content (AvgIpc) is 2.77. The summed E-state index contributed by atoms with van der Waals surface area (Å²) >= 11 is 0. The van der Waals surface area contributed by atoms with Gasteiger partial charge < -0.3 is 25.8 Å². The van der Waals surface area contributed by atoms with Crippen molar-refractivity contribution in [3.05, 3.63) is 54.1 Å². The van der Waals surface area contributed by atoms with Gasteiger partial charge >= 0.3 is 11.9 Å². The van der Waals surface area contributed by atoms with Crippen molar-refractivity contribution in [1.82, 2.24) is 5.32 Å². The van der Waals surface area contributed by atoms with Crippen molar-refractivity contribution >= 4 is 51.0 Å². The molecule has 2 aromatic carbocycles. The summed E-state index contributed by atoms with van der Waals surface area (Å²) in [6.45, 7) is 4.64. The molecule has 0 spiro atoms. The standard InChI is InChI=1S/C23H27N3O6S2/c1-14-4-8-18(9-5-14)32-23(30)21(26-16(3)28)13-34-33-12-20(24)22(29)31-19-10-6-17(7-11-19)25-15(2)27/h4-11,20-21H,12-13,24H2,1-3H3,(H,25,27)(H,26,28). The van der Waals surface area contributed by atoms with Crippen molar-refractivity contribution in [1.29, 1.82) is 0 Å². The lowest BCUT2D eigenvalue weighted by molar-refractivity contribution is -0.138. The van der Waals surface area contributed by atoms with Crippen LogP contribution in [-0.4, -0.2) is 47.3 Å². The van der Waals surface area contributed by atoms with Gasteiger partial charge in [-0.25, -0.2) is 9.59 Å². The van der Waals surface area contributed by atoms with Crippen molar-refractivity contribution in [2.75, 3.05) is 16.8 Å². The number of amides is 2. The van der Waals surface area contributed by atoms with Crippen LogP contribution in [0.5, 0.6) is 11.5 Å². The van der Waals surface area contributed by atoms with Crippen molar-refractivity contribution in [3.63, 3.8) is 0 Å². The fraction of sp³-hybridized carbons (Fsp3) is 0.304. The van der Waals surface area contributed by atoms with E-state index in [1.807, 2.05) is 19.1 Å². The third-order valence-electron chi connectivity index (χ3n) is 4.16. The molecule has 0 aromatic heterocycles. The molecule has 34 heavy (non-hydrogen) atoms. The minimum absolute atomic E-state index is 0.203. The van der Waals surface area contributed by atoms with E-state index in [0.717, 1.165) is 5.56 Å². The highest BCUT2D eigenvalue weighted by molar-refractivity contribution is 8.76. The summed E-state index contributed by atoms with van der Waals surface area (Å²) in [5, 5.41) is 5.19. The number of anilines is 1. The van der Waals surface area contributed by atoms with Gasteiger partial charge in [-0.1, -0.05) is 39.3 Å². The predicted molar refractivity (Wildman–Crippen MR) is 134 cm³/mol. The normalized spacial score (nSPS) is 12.2. The Labute approximate surface area is 205 Å². The zero-order valence-corrected chi connectivity index (χ0v) is 20.7. The molecule has 4 N–H and O–H groups in total. The number of carbonyl (C=O) groups excluding carboxylic acids is 4. The first-order chi connectivity index (χ1) is 16.1. The number of ether oxygens (including phenoxy) is 2. The molecule has 0 aliphatic heterocycles. The van der Waals surface area contributed by atoms with E-state index in [1.54, 1.807) is 36.4 Å². The Morgan fingerprint density at radius 1 is 0.824 bits per heavy atom. The first-order valence-electron chi connectivity index (χ1n) is 10.3. The molecule has 0 saturated heterocycles. The summed E-state index contributed by atoms with van der Waals surface area (Å²) in [6.07, 6.45) is 0. The van der Waals surface area contributed by atoms with E-state index in [2.05, 4.69) is 10.6 Å². The first kappa shape index (κ1) is 27.2. The Bertz CT molecular complexity index is 999. The van der Waals surface area contributed by atoms with Gasteiger partial charge in [0.15, 0.2) is 0 Å². The summed E-state index contributed by atoms with van der Waals surface area (Å²) in [7, 11) is 2.55. The predicted octanol–water partition coefficient (Wildman–Crippen LogP) is 2.68. The number of hydrogen-bond acceptors (Lipinski definition) is 9. The van der Waals surface area contributed by atoms with Gasteiger partial charge in [0.2, 0.25) is 11.8 Å². The minimum Gasteiger partial charge on any atom is -0.425 e. The van der Waals surface area contributed by atoms with Gasteiger partial charge in [-0.05, 0) is 43.3 Å². The van der Waals surface area contributed by atoms with E-state index in [-0.39, 0.29) is 23.3 Å². The van der Waals surface area contributed by atoms with E-state index in [4.69, 9.17) is 15.2 Å². The van der Waals surface area contributed by atoms with Gasteiger partial charge in [-0.3, -0.25) is 9.59 Å². The maximum absolute atomic E-state index is 12.5. The molecule has 0 radical (unpaired) electrons. The Morgan fingerprint density at radius 3 is 1.91 bits per heavy atom. The van der Waals surface area contributed by atoms with E-state index in [0.29, 0.717) is 17.2 Å². The van der Waals surface area contributed by atoms with Gasteiger partial charge in [0, 0.05) is 31.0 Å². The summed E-state index contributed by atoms with van der Waals surface area (Å²) in [6, 6.07) is 11.6. The average molecular weight is 506 g/mol. The number of nitrogens with two attached hydrogens (primary N) is 1. The van der Waals surface area contributed by atoms with Crippen LogP contribution < -0.4 is 25.8 Å². The molecule has 2 amide bonds. The minimum atomic E-state index is -0.897. The molecule has 0 aliphatic carbocycles. The van der Waals surface area contributed by atoms with E-state index < -0.39 is 24.0 Å². The second-order valence-corrected chi connectivity index (χ2v) is 9.84. The molecular formula is C23H27N3O6S2. The van der Waals surface area contributed by atoms with Crippen molar-refractivity contribution in [2.24, 2.45) is 5.73 Å². The number of nitrogens with one attached hydrogen (secondary N) is 2. The van der Waals surface area contributed by atoms with Crippen LogP contribution in [0.25, 0.3) is 0 Å². The summed E-state index contributed by atoms with van der Waals surface area (Å²) in [5.41, 5.74) is 7.52. The van der Waals surface area contributed by atoms with Crippen LogP contribution in [-0.2, 0) is 19.2 Å². The number of hydrogen-bond donors (Lipinski definition) is 3. The zero-order valence-electron chi connectivity index (χ0n) is 19.0. The fourth-order valence-electron chi connectivity index (χ4n) is 2.51. The van der Waals surface area contributed by atoms with Gasteiger partial charge in [0.1, 0.15) is 23.6 Å². The number of rotatable bonds is 11. The maximum Gasteiger partial charge on any atom is 0.334 e. The van der Waals surface area contributed by atoms with Crippen LogP contribution >= 0.6 is 21.6 Å². The van der Waals surface area contributed by atoms with Crippen molar-refractivity contribution in [2.45, 2.75) is 32.9 Å². The highest BCUT2D eigenvalue weighted by Crippen LogP contribution is 2.24. The Balaban J connectivity index is 1.79. The lowest BCUT2D eigenvalue weighted by Crippen LogP contribution is -2.43. The molecule has 0 aliphatic rings. The Morgan fingerprint density at radius 2 is 1.35 bits per heavy atom. The van der Waals surface area contributed by atoms with Crippen LogP contribution in [0.2, 0.25) is 0 Å². The van der Waals surface area contributed by atoms with E-state index >= 15 is 0 Å². The zero-order chi connectivity index (χ0) is 25.1. The molecule has 0 saturated carbocycles. The lowest BCUT2D eigenvalue weighted by Gasteiger charge is -2.16. The summed E-state index contributed by atoms with van der Waals surface area (Å²) in [4.78, 5) is 47.2. The fourth-order valence-corrected chi connectivity index (χ4v) is 4.77. The van der Waals surface area contributed by atoms with Crippen molar-refractivity contribution < 1.29 is 28.7 Å². The molecule has 182 valence electrons. The summed E-state index contributed by atoms with van der Waals surface area (Å²) in [5.74, 6) is -0.618. The number of benzene rings is 2. The SMILES string of the molecule is CC(=O)Nc1ccc(OC(=O)C(N)CSSCC(NC(C)=O)C(=O)Oc2ccc(C)cc2)cc1. The van der Waals surface area contributed by atoms with E-state index in [9.17, 15) is 19.2 Å². The Kier molecular flexibility index (Phi) is 10.9. The van der Waals surface area contributed by atoms with Gasteiger partial charge in [0.05, 0.1) is 0 Å². The summed E-state index contributed by atoms with van der Waals surface area (Å²) < 4.78 is 10.6. The first-order valence-corrected chi connectivity index (χ1v) is 12.8. The highest BCUT2D eigenvalue weighted by Gasteiger charge is 2.23. The second-order valence-electron chi connectivity index (χ2n) is 7.29. The third-order valence-corrected chi connectivity index (χ3v) is 6.61. The largest absolute Gasteiger partial charge is 0.425 e. The van der Waals surface area contributed by atoms with Crippen molar-refractivity contribution in [3.8, 4) is 11.5 Å². The second kappa shape index (κ2) is 13.6. The molecule has 0 fully saturated rings. The van der Waals surface area contributed by atoms with Crippen LogP contribution in [0.15, 0.2) is 48.5 Å². The molecule has 11 heteroatoms. The molecule has 2 atom stereocenters. The topological polar surface area (TPSA) is 137 Å². The molecule has 2 unspecified atom stereocenters. The molecule has 2 aromatic rings. The molecular weight excluding hydrogens is 478 g/mol. The quantitative estimate of drug-likeness (QED) is 0.182. The van der Waals surface area contributed by atoms with Crippen LogP contribution in [0, 0.1) is 6.92 Å².